The van der Waals surface area contributed by atoms with Crippen LogP contribution in [0.5, 0.6) is 0 Å². The summed E-state index contributed by atoms with van der Waals surface area (Å²) in [6.07, 6.45) is 16.7. The third-order valence-corrected chi connectivity index (χ3v) is 5.93. The van der Waals surface area contributed by atoms with Crippen molar-refractivity contribution in [3.05, 3.63) is 24.5 Å². The molecule has 2 fully saturated rings. The van der Waals surface area contributed by atoms with E-state index in [1.54, 1.807) is 0 Å². The van der Waals surface area contributed by atoms with Gasteiger partial charge in [-0.15, -0.1) is 0 Å². The van der Waals surface area contributed by atoms with Crippen molar-refractivity contribution in [1.82, 2.24) is 4.90 Å². The summed E-state index contributed by atoms with van der Waals surface area (Å²) in [6, 6.07) is 5.12. The van der Waals surface area contributed by atoms with Gasteiger partial charge in [0.25, 0.3) is 5.91 Å². The number of carbonyl (C=O) groups is 1. The van der Waals surface area contributed by atoms with Gasteiger partial charge >= 0.3 is 0 Å². The molecule has 1 heterocycles. The second-order valence-corrected chi connectivity index (χ2v) is 8.01. The average molecular weight is 380 g/mol. The molecule has 0 N–H and O–H groups in total. The number of halogens is 1. The van der Waals surface area contributed by atoms with Crippen molar-refractivity contribution in [3.8, 4) is 0 Å². The molecule has 0 radical (unpaired) electrons. The van der Waals surface area contributed by atoms with Crippen molar-refractivity contribution in [3.63, 3.8) is 0 Å². The smallest absolute Gasteiger partial charge is 0.289 e. The lowest BCUT2D eigenvalue weighted by Gasteiger charge is -2.41. The quantitative estimate of drug-likeness (QED) is 0.698. The predicted molar refractivity (Wildman–Crippen MR) is 102 cm³/mol. The Labute approximate surface area is 165 Å². The number of amides is 1. The molecule has 4 nitrogen and oxygen atoms in total. The molecule has 0 bridgehead atoms. The van der Waals surface area contributed by atoms with Gasteiger partial charge in [-0.05, 0) is 25.7 Å². The fourth-order valence-electron chi connectivity index (χ4n) is 4.51. The van der Waals surface area contributed by atoms with E-state index in [1.165, 1.54) is 69.9 Å². The highest BCUT2D eigenvalue weighted by Gasteiger charge is 2.33. The Hall–Kier alpha value is -1.29. The van der Waals surface area contributed by atoms with Crippen LogP contribution >= 0.6 is 0 Å². The second-order valence-electron chi connectivity index (χ2n) is 8.01. The molecule has 3 rings (SSSR count). The Morgan fingerprint density at radius 3 is 1.81 bits per heavy atom. The topological polar surface area (TPSA) is 27.4 Å². The predicted octanol–water partition coefficient (Wildman–Crippen LogP) is 0.538. The molecule has 2 saturated carbocycles. The lowest BCUT2D eigenvalue weighted by atomic mass is 9.88. The highest BCUT2D eigenvalue weighted by Crippen LogP contribution is 2.30. The summed E-state index contributed by atoms with van der Waals surface area (Å²) in [5, 5.41) is 0. The Balaban J connectivity index is 0.00000243. The molecule has 146 valence electrons. The molecule has 5 heteroatoms. The monoisotopic (exact) mass is 379 g/mol. The summed E-state index contributed by atoms with van der Waals surface area (Å²) >= 11 is 0. The molecular weight excluding hydrogens is 346 g/mol. The Kier molecular flexibility index (Phi) is 8.20. The molecular formula is C21H34ClN3O. The zero-order valence-corrected chi connectivity index (χ0v) is 17.1. The van der Waals surface area contributed by atoms with Crippen LogP contribution in [0.1, 0.15) is 64.2 Å². The molecule has 1 amide bonds. The van der Waals surface area contributed by atoms with Gasteiger partial charge in [-0.3, -0.25) is 4.79 Å². The van der Waals surface area contributed by atoms with E-state index in [9.17, 15) is 4.79 Å². The zero-order valence-electron chi connectivity index (χ0n) is 16.4. The number of hydrogen-bond acceptors (Lipinski definition) is 2. The second kappa shape index (κ2) is 10.1. The highest BCUT2D eigenvalue weighted by molar-refractivity contribution is 5.75. The van der Waals surface area contributed by atoms with Crippen molar-refractivity contribution in [2.75, 3.05) is 19.0 Å². The molecule has 0 aliphatic heterocycles. The maximum Gasteiger partial charge on any atom is 0.289 e. The Morgan fingerprint density at radius 2 is 1.38 bits per heavy atom. The molecule has 0 spiro atoms. The van der Waals surface area contributed by atoms with Crippen molar-refractivity contribution in [1.29, 1.82) is 0 Å². The number of carbonyl (C=O) groups excluding carboxylic acids is 1. The van der Waals surface area contributed by atoms with Crippen LogP contribution in [0.15, 0.2) is 24.5 Å². The first-order chi connectivity index (χ1) is 12.1. The number of nitrogens with zero attached hydrogens (tertiary/aromatic N) is 3. The van der Waals surface area contributed by atoms with Gasteiger partial charge in [0, 0.05) is 44.0 Å². The van der Waals surface area contributed by atoms with Crippen LogP contribution in [0.25, 0.3) is 0 Å². The number of anilines is 1. The summed E-state index contributed by atoms with van der Waals surface area (Å²) < 4.78 is 2.04. The van der Waals surface area contributed by atoms with E-state index in [-0.39, 0.29) is 12.4 Å². The number of rotatable bonds is 5. The number of pyridine rings is 1. The van der Waals surface area contributed by atoms with Crippen molar-refractivity contribution < 1.29 is 21.8 Å². The normalized spacial score (nSPS) is 18.8. The third kappa shape index (κ3) is 5.35. The van der Waals surface area contributed by atoms with Crippen molar-refractivity contribution in [2.24, 2.45) is 0 Å². The lowest BCUT2D eigenvalue weighted by Crippen LogP contribution is -3.00. The van der Waals surface area contributed by atoms with E-state index in [2.05, 4.69) is 21.9 Å². The largest absolute Gasteiger partial charge is 1.00 e. The van der Waals surface area contributed by atoms with Gasteiger partial charge in [0.1, 0.15) is 0 Å². The van der Waals surface area contributed by atoms with E-state index in [1.807, 2.05) is 31.1 Å². The fourth-order valence-corrected chi connectivity index (χ4v) is 4.51. The van der Waals surface area contributed by atoms with Gasteiger partial charge in [-0.25, -0.2) is 0 Å². The molecule has 2 aliphatic rings. The number of hydrogen-bond donors (Lipinski definition) is 0. The van der Waals surface area contributed by atoms with Crippen LogP contribution in [-0.2, 0) is 11.3 Å². The summed E-state index contributed by atoms with van der Waals surface area (Å²) in [5.41, 5.74) is 1.17. The van der Waals surface area contributed by atoms with Gasteiger partial charge < -0.3 is 22.2 Å². The molecule has 26 heavy (non-hydrogen) atoms. The maximum absolute atomic E-state index is 13.2. The first-order valence-corrected chi connectivity index (χ1v) is 10.1. The zero-order chi connectivity index (χ0) is 17.6. The van der Waals surface area contributed by atoms with E-state index in [4.69, 9.17) is 0 Å². The highest BCUT2D eigenvalue weighted by atomic mass is 35.5. The molecule has 0 saturated heterocycles. The Morgan fingerprint density at radius 1 is 0.923 bits per heavy atom. The van der Waals surface area contributed by atoms with Crippen LogP contribution in [0.2, 0.25) is 0 Å². The van der Waals surface area contributed by atoms with Crippen LogP contribution in [0.4, 0.5) is 5.69 Å². The minimum Gasteiger partial charge on any atom is -1.00 e. The van der Waals surface area contributed by atoms with Gasteiger partial charge in [-0.1, -0.05) is 38.5 Å². The average Bonchev–Trinajstić information content (AvgIpc) is 2.64. The summed E-state index contributed by atoms with van der Waals surface area (Å²) in [7, 11) is 4.08. The molecule has 0 aromatic carbocycles. The van der Waals surface area contributed by atoms with Crippen LogP contribution in [-0.4, -0.2) is 37.0 Å². The first kappa shape index (κ1) is 21.0. The van der Waals surface area contributed by atoms with Crippen LogP contribution < -0.4 is 21.9 Å². The minimum absolute atomic E-state index is 0. The van der Waals surface area contributed by atoms with Crippen molar-refractivity contribution >= 4 is 11.6 Å². The van der Waals surface area contributed by atoms with Gasteiger partial charge in [-0.2, -0.15) is 4.57 Å². The number of aromatic nitrogens is 1. The fraction of sp³-hybridized carbons (Fsp3) is 0.714. The van der Waals surface area contributed by atoms with Gasteiger partial charge in [0.15, 0.2) is 12.4 Å². The molecule has 1 aromatic rings. The summed E-state index contributed by atoms with van der Waals surface area (Å²) in [6.45, 7) is 0.473. The lowest BCUT2D eigenvalue weighted by molar-refractivity contribution is -0.685. The third-order valence-electron chi connectivity index (χ3n) is 5.93. The summed E-state index contributed by atoms with van der Waals surface area (Å²) in [5.74, 6) is 0.321. The van der Waals surface area contributed by atoms with Crippen LogP contribution in [0, 0.1) is 0 Å². The molecule has 1 aromatic heterocycles. The maximum atomic E-state index is 13.2. The van der Waals surface area contributed by atoms with Gasteiger partial charge in [0.05, 0.1) is 0 Å². The first-order valence-electron chi connectivity index (χ1n) is 10.1. The summed E-state index contributed by atoms with van der Waals surface area (Å²) in [4.78, 5) is 17.6. The molecule has 0 unspecified atom stereocenters. The minimum atomic E-state index is 0. The van der Waals surface area contributed by atoms with Crippen LogP contribution in [0.3, 0.4) is 0 Å². The standard InChI is InChI=1S/C21H34N3O.ClH/c1-22(2)18-13-15-23(16-14-18)17-21(25)24(19-9-5-3-6-10-19)20-11-7-4-8-12-20;/h13-16,19-20H,3-12,17H2,1-2H3;1H/q+1;/p-1. The van der Waals surface area contributed by atoms with Gasteiger partial charge in [0.2, 0.25) is 6.54 Å². The van der Waals surface area contributed by atoms with Crippen molar-refractivity contribution in [2.45, 2.75) is 82.8 Å². The van der Waals surface area contributed by atoms with E-state index in [0.29, 0.717) is 24.5 Å². The van der Waals surface area contributed by atoms with E-state index >= 15 is 0 Å². The molecule has 0 atom stereocenters. The van der Waals surface area contributed by atoms with E-state index in [0.717, 1.165) is 0 Å². The Bertz CT molecular complexity index is 531. The molecule has 2 aliphatic carbocycles. The SMILES string of the molecule is CN(C)c1cc[n+](CC(=O)N(C2CCCCC2)C2CCCCC2)cc1.[Cl-]. The van der Waals surface area contributed by atoms with E-state index < -0.39 is 0 Å².